The van der Waals surface area contributed by atoms with E-state index >= 15 is 0 Å². The quantitative estimate of drug-likeness (QED) is 0.778. The Bertz CT molecular complexity index is 278. The normalized spacial score (nSPS) is 13.1. The van der Waals surface area contributed by atoms with Crippen LogP contribution in [0.4, 0.5) is 0 Å². The van der Waals surface area contributed by atoms with Gasteiger partial charge in [-0.25, -0.2) is 0 Å². The fourth-order valence-electron chi connectivity index (χ4n) is 1.47. The number of nitrogens with zero attached hydrogens (tertiary/aromatic N) is 2. The van der Waals surface area contributed by atoms with Gasteiger partial charge in [0.05, 0.1) is 5.69 Å². The highest BCUT2D eigenvalue weighted by Gasteiger charge is 2.05. The average molecular weight is 195 g/mol. The molecule has 1 unspecified atom stereocenters. The Morgan fingerprint density at radius 1 is 1.57 bits per heavy atom. The Balaban J connectivity index is 2.65. The third-order valence-electron chi connectivity index (χ3n) is 2.61. The number of hydrogen-bond donors (Lipinski definition) is 1. The van der Waals surface area contributed by atoms with E-state index in [9.17, 15) is 0 Å². The summed E-state index contributed by atoms with van der Waals surface area (Å²) in [5.41, 5.74) is 2.44. The molecule has 0 aliphatic rings. The molecule has 1 aromatic rings. The van der Waals surface area contributed by atoms with E-state index in [1.165, 1.54) is 12.0 Å². The van der Waals surface area contributed by atoms with Gasteiger partial charge in [-0.1, -0.05) is 20.3 Å². The summed E-state index contributed by atoms with van der Waals surface area (Å²) in [4.78, 5) is 0. The SMILES string of the molecule is CCC(C)Cn1cc(CNC)c(C)n1. The van der Waals surface area contributed by atoms with Crippen molar-refractivity contribution in [3.8, 4) is 0 Å². The summed E-state index contributed by atoms with van der Waals surface area (Å²) in [6, 6.07) is 0. The molecule has 1 N–H and O–H groups in total. The van der Waals surface area contributed by atoms with Crippen molar-refractivity contribution in [2.75, 3.05) is 7.05 Å². The van der Waals surface area contributed by atoms with Crippen molar-refractivity contribution >= 4 is 0 Å². The van der Waals surface area contributed by atoms with Crippen LogP contribution in [0.1, 0.15) is 31.5 Å². The van der Waals surface area contributed by atoms with Crippen molar-refractivity contribution in [1.82, 2.24) is 15.1 Å². The molecule has 1 rings (SSSR count). The molecule has 0 bridgehead atoms. The van der Waals surface area contributed by atoms with Crippen LogP contribution in [0.5, 0.6) is 0 Å². The Morgan fingerprint density at radius 3 is 2.86 bits per heavy atom. The molecule has 80 valence electrons. The first-order chi connectivity index (χ1) is 6.67. The summed E-state index contributed by atoms with van der Waals surface area (Å²) in [6.07, 6.45) is 3.36. The van der Waals surface area contributed by atoms with Gasteiger partial charge in [-0.15, -0.1) is 0 Å². The maximum atomic E-state index is 4.49. The monoisotopic (exact) mass is 195 g/mol. The first-order valence-electron chi connectivity index (χ1n) is 5.34. The van der Waals surface area contributed by atoms with Gasteiger partial charge in [0.25, 0.3) is 0 Å². The second-order valence-corrected chi connectivity index (χ2v) is 4.01. The molecule has 0 radical (unpaired) electrons. The van der Waals surface area contributed by atoms with Crippen molar-refractivity contribution in [1.29, 1.82) is 0 Å². The van der Waals surface area contributed by atoms with Crippen LogP contribution in [-0.2, 0) is 13.1 Å². The largest absolute Gasteiger partial charge is 0.316 e. The van der Waals surface area contributed by atoms with E-state index in [1.54, 1.807) is 0 Å². The van der Waals surface area contributed by atoms with Crippen LogP contribution in [0.25, 0.3) is 0 Å². The van der Waals surface area contributed by atoms with Crippen LogP contribution in [0, 0.1) is 12.8 Å². The number of rotatable bonds is 5. The smallest absolute Gasteiger partial charge is 0.0638 e. The minimum Gasteiger partial charge on any atom is -0.316 e. The molecule has 0 spiro atoms. The van der Waals surface area contributed by atoms with E-state index in [-0.39, 0.29) is 0 Å². The third-order valence-corrected chi connectivity index (χ3v) is 2.61. The number of aromatic nitrogens is 2. The minimum atomic E-state index is 0.705. The fourth-order valence-corrected chi connectivity index (χ4v) is 1.47. The highest BCUT2D eigenvalue weighted by Crippen LogP contribution is 2.09. The molecule has 1 heterocycles. The van der Waals surface area contributed by atoms with E-state index in [1.807, 2.05) is 7.05 Å². The summed E-state index contributed by atoms with van der Waals surface area (Å²) < 4.78 is 2.07. The molecule has 0 fully saturated rings. The van der Waals surface area contributed by atoms with Gasteiger partial charge >= 0.3 is 0 Å². The zero-order chi connectivity index (χ0) is 10.6. The standard InChI is InChI=1S/C11H21N3/c1-5-9(2)7-14-8-11(6-12-4)10(3)13-14/h8-9,12H,5-7H2,1-4H3. The first-order valence-corrected chi connectivity index (χ1v) is 5.34. The lowest BCUT2D eigenvalue weighted by molar-refractivity contribution is 0.437. The molecule has 0 aromatic carbocycles. The predicted molar refractivity (Wildman–Crippen MR) is 59.2 cm³/mol. The molecule has 0 saturated carbocycles. The van der Waals surface area contributed by atoms with Gasteiger partial charge in [-0.3, -0.25) is 4.68 Å². The molecule has 0 saturated heterocycles. The second kappa shape index (κ2) is 5.15. The first kappa shape index (κ1) is 11.2. The van der Waals surface area contributed by atoms with Crippen molar-refractivity contribution in [3.63, 3.8) is 0 Å². The van der Waals surface area contributed by atoms with Crippen LogP contribution in [0.3, 0.4) is 0 Å². The molecular formula is C11H21N3. The van der Waals surface area contributed by atoms with Crippen LogP contribution >= 0.6 is 0 Å². The number of nitrogens with one attached hydrogen (secondary N) is 1. The van der Waals surface area contributed by atoms with Gasteiger partial charge in [-0.2, -0.15) is 5.10 Å². The van der Waals surface area contributed by atoms with Gasteiger partial charge in [0.15, 0.2) is 0 Å². The maximum absolute atomic E-state index is 4.49. The van der Waals surface area contributed by atoms with Crippen molar-refractivity contribution in [2.24, 2.45) is 5.92 Å². The third kappa shape index (κ3) is 2.84. The molecule has 0 amide bonds. The highest BCUT2D eigenvalue weighted by molar-refractivity contribution is 5.14. The Hall–Kier alpha value is -0.830. The molecule has 1 atom stereocenters. The summed E-state index contributed by atoms with van der Waals surface area (Å²) in [5, 5.41) is 7.65. The highest BCUT2D eigenvalue weighted by atomic mass is 15.3. The number of aryl methyl sites for hydroxylation is 1. The summed E-state index contributed by atoms with van der Waals surface area (Å²) >= 11 is 0. The van der Waals surface area contributed by atoms with Gasteiger partial charge in [0.1, 0.15) is 0 Å². The van der Waals surface area contributed by atoms with Crippen molar-refractivity contribution in [2.45, 2.75) is 40.3 Å². The van der Waals surface area contributed by atoms with E-state index in [2.05, 4.69) is 42.1 Å². The van der Waals surface area contributed by atoms with Crippen LogP contribution < -0.4 is 5.32 Å². The average Bonchev–Trinajstić information content (AvgIpc) is 2.47. The Labute approximate surface area is 86.5 Å². The lowest BCUT2D eigenvalue weighted by atomic mass is 10.1. The van der Waals surface area contributed by atoms with Gasteiger partial charge in [0, 0.05) is 24.8 Å². The predicted octanol–water partition coefficient (Wildman–Crippen LogP) is 1.96. The Morgan fingerprint density at radius 2 is 2.29 bits per heavy atom. The lowest BCUT2D eigenvalue weighted by Gasteiger charge is -2.07. The zero-order valence-corrected chi connectivity index (χ0v) is 9.67. The summed E-state index contributed by atoms with van der Waals surface area (Å²) in [6.45, 7) is 8.48. The summed E-state index contributed by atoms with van der Waals surface area (Å²) in [5.74, 6) is 0.705. The maximum Gasteiger partial charge on any atom is 0.0638 e. The molecule has 14 heavy (non-hydrogen) atoms. The summed E-state index contributed by atoms with van der Waals surface area (Å²) in [7, 11) is 1.96. The van der Waals surface area contributed by atoms with Crippen LogP contribution in [-0.4, -0.2) is 16.8 Å². The van der Waals surface area contributed by atoms with Crippen LogP contribution in [0.2, 0.25) is 0 Å². The fraction of sp³-hybridized carbons (Fsp3) is 0.727. The molecule has 0 aliphatic heterocycles. The van der Waals surface area contributed by atoms with Crippen molar-refractivity contribution in [3.05, 3.63) is 17.5 Å². The molecule has 0 aliphatic carbocycles. The van der Waals surface area contributed by atoms with Crippen LogP contribution in [0.15, 0.2) is 6.20 Å². The second-order valence-electron chi connectivity index (χ2n) is 4.01. The molecule has 3 heteroatoms. The van der Waals surface area contributed by atoms with E-state index in [0.717, 1.165) is 18.8 Å². The molecule has 3 nitrogen and oxygen atoms in total. The van der Waals surface area contributed by atoms with E-state index in [0.29, 0.717) is 5.92 Å². The molecular weight excluding hydrogens is 174 g/mol. The lowest BCUT2D eigenvalue weighted by Crippen LogP contribution is -2.07. The van der Waals surface area contributed by atoms with E-state index in [4.69, 9.17) is 0 Å². The number of hydrogen-bond acceptors (Lipinski definition) is 2. The van der Waals surface area contributed by atoms with Gasteiger partial charge < -0.3 is 5.32 Å². The minimum absolute atomic E-state index is 0.705. The molecule has 1 aromatic heterocycles. The van der Waals surface area contributed by atoms with Gasteiger partial charge in [0.2, 0.25) is 0 Å². The van der Waals surface area contributed by atoms with Gasteiger partial charge in [-0.05, 0) is 19.9 Å². The Kier molecular flexibility index (Phi) is 4.14. The van der Waals surface area contributed by atoms with E-state index < -0.39 is 0 Å². The topological polar surface area (TPSA) is 29.9 Å². The van der Waals surface area contributed by atoms with Crippen molar-refractivity contribution < 1.29 is 0 Å². The zero-order valence-electron chi connectivity index (χ0n) is 9.67.